The lowest BCUT2D eigenvalue weighted by Crippen LogP contribution is -2.05. The minimum atomic E-state index is 0.133. The predicted molar refractivity (Wildman–Crippen MR) is 104 cm³/mol. The molecular formula is C21H20N4O2. The highest BCUT2D eigenvalue weighted by molar-refractivity contribution is 5.68. The standard InChI is InChI=1S/C21H20N4O2/c1-14(2)27-18-6-4-5-15(11-18)17-7-8-19-23-24-21(25(19)13-17)16-9-10-22-20(12-16)26-3/h4-14H,1-3H3. The highest BCUT2D eigenvalue weighted by Crippen LogP contribution is 2.27. The van der Waals surface area contributed by atoms with Crippen LogP contribution in [-0.4, -0.2) is 32.8 Å². The Morgan fingerprint density at radius 2 is 1.81 bits per heavy atom. The zero-order chi connectivity index (χ0) is 18.8. The molecule has 0 radical (unpaired) electrons. The molecule has 27 heavy (non-hydrogen) atoms. The number of pyridine rings is 2. The molecule has 1 aromatic carbocycles. The van der Waals surface area contributed by atoms with Gasteiger partial charge in [0.25, 0.3) is 0 Å². The Bertz CT molecular complexity index is 1090. The number of methoxy groups -OCH3 is 1. The normalized spacial score (nSPS) is 11.1. The Morgan fingerprint density at radius 3 is 2.63 bits per heavy atom. The summed E-state index contributed by atoms with van der Waals surface area (Å²) in [5.74, 6) is 2.13. The smallest absolute Gasteiger partial charge is 0.213 e. The predicted octanol–water partition coefficient (Wildman–Crippen LogP) is 4.25. The molecule has 0 aliphatic carbocycles. The summed E-state index contributed by atoms with van der Waals surface area (Å²) < 4.78 is 13.0. The molecule has 3 heterocycles. The summed E-state index contributed by atoms with van der Waals surface area (Å²) in [6.45, 7) is 4.04. The number of ether oxygens (including phenoxy) is 2. The number of nitrogens with zero attached hydrogens (tertiary/aromatic N) is 4. The molecule has 0 saturated heterocycles. The molecule has 0 aliphatic heterocycles. The quantitative estimate of drug-likeness (QED) is 0.532. The number of rotatable bonds is 5. The van der Waals surface area contributed by atoms with E-state index in [2.05, 4.69) is 21.2 Å². The molecule has 0 N–H and O–H groups in total. The fourth-order valence-electron chi connectivity index (χ4n) is 2.94. The van der Waals surface area contributed by atoms with Crippen LogP contribution in [0, 0.1) is 0 Å². The van der Waals surface area contributed by atoms with Gasteiger partial charge in [-0.05, 0) is 55.3 Å². The van der Waals surface area contributed by atoms with E-state index in [1.807, 2.05) is 66.9 Å². The van der Waals surface area contributed by atoms with E-state index in [1.54, 1.807) is 13.3 Å². The summed E-state index contributed by atoms with van der Waals surface area (Å²) >= 11 is 0. The van der Waals surface area contributed by atoms with Gasteiger partial charge in [-0.2, -0.15) is 0 Å². The van der Waals surface area contributed by atoms with E-state index in [-0.39, 0.29) is 6.10 Å². The van der Waals surface area contributed by atoms with E-state index in [0.717, 1.165) is 33.9 Å². The average Bonchev–Trinajstić information content (AvgIpc) is 3.11. The summed E-state index contributed by atoms with van der Waals surface area (Å²) in [5, 5.41) is 8.61. The lowest BCUT2D eigenvalue weighted by molar-refractivity contribution is 0.242. The highest BCUT2D eigenvalue weighted by Gasteiger charge is 2.11. The largest absolute Gasteiger partial charge is 0.491 e. The highest BCUT2D eigenvalue weighted by atomic mass is 16.5. The monoisotopic (exact) mass is 360 g/mol. The van der Waals surface area contributed by atoms with Crippen molar-refractivity contribution in [1.82, 2.24) is 19.6 Å². The lowest BCUT2D eigenvalue weighted by Gasteiger charge is -2.11. The second kappa shape index (κ2) is 7.07. The third kappa shape index (κ3) is 3.46. The van der Waals surface area contributed by atoms with Gasteiger partial charge >= 0.3 is 0 Å². The number of aromatic nitrogens is 4. The first-order valence-corrected chi connectivity index (χ1v) is 8.76. The minimum Gasteiger partial charge on any atom is -0.491 e. The fraction of sp³-hybridized carbons (Fsp3) is 0.190. The van der Waals surface area contributed by atoms with E-state index in [0.29, 0.717) is 5.88 Å². The van der Waals surface area contributed by atoms with Crippen LogP contribution >= 0.6 is 0 Å². The van der Waals surface area contributed by atoms with Gasteiger partial charge in [0.15, 0.2) is 11.5 Å². The maximum Gasteiger partial charge on any atom is 0.213 e. The van der Waals surface area contributed by atoms with Crippen LogP contribution < -0.4 is 9.47 Å². The summed E-state index contributed by atoms with van der Waals surface area (Å²) in [7, 11) is 1.60. The number of hydrogen-bond donors (Lipinski definition) is 0. The Hall–Kier alpha value is -3.41. The van der Waals surface area contributed by atoms with Gasteiger partial charge in [-0.25, -0.2) is 4.98 Å². The van der Waals surface area contributed by atoms with Crippen LogP contribution in [0.25, 0.3) is 28.2 Å². The maximum atomic E-state index is 5.82. The van der Waals surface area contributed by atoms with Crippen LogP contribution in [-0.2, 0) is 0 Å². The van der Waals surface area contributed by atoms with E-state index < -0.39 is 0 Å². The Balaban J connectivity index is 1.78. The van der Waals surface area contributed by atoms with Gasteiger partial charge < -0.3 is 9.47 Å². The molecule has 0 fully saturated rings. The van der Waals surface area contributed by atoms with Crippen LogP contribution in [0.3, 0.4) is 0 Å². The average molecular weight is 360 g/mol. The second-order valence-corrected chi connectivity index (χ2v) is 6.45. The second-order valence-electron chi connectivity index (χ2n) is 6.45. The first kappa shape index (κ1) is 17.0. The van der Waals surface area contributed by atoms with Crippen molar-refractivity contribution in [3.63, 3.8) is 0 Å². The molecule has 136 valence electrons. The Kier molecular flexibility index (Phi) is 4.46. The molecule has 0 bridgehead atoms. The van der Waals surface area contributed by atoms with Crippen LogP contribution in [0.1, 0.15) is 13.8 Å². The number of benzene rings is 1. The van der Waals surface area contributed by atoms with Crippen molar-refractivity contribution in [2.75, 3.05) is 7.11 Å². The minimum absolute atomic E-state index is 0.133. The molecule has 3 aromatic heterocycles. The van der Waals surface area contributed by atoms with Gasteiger partial charge in [-0.1, -0.05) is 12.1 Å². The molecule has 0 atom stereocenters. The van der Waals surface area contributed by atoms with Crippen LogP contribution in [0.4, 0.5) is 0 Å². The first-order chi connectivity index (χ1) is 13.1. The van der Waals surface area contributed by atoms with E-state index in [4.69, 9.17) is 9.47 Å². The third-order valence-electron chi connectivity index (χ3n) is 4.14. The van der Waals surface area contributed by atoms with Crippen molar-refractivity contribution in [3.05, 3.63) is 60.9 Å². The van der Waals surface area contributed by atoms with Crippen molar-refractivity contribution in [1.29, 1.82) is 0 Å². The zero-order valence-electron chi connectivity index (χ0n) is 15.5. The summed E-state index contributed by atoms with van der Waals surface area (Å²) in [4.78, 5) is 4.15. The molecule has 6 nitrogen and oxygen atoms in total. The van der Waals surface area contributed by atoms with Crippen molar-refractivity contribution in [2.24, 2.45) is 0 Å². The summed E-state index contributed by atoms with van der Waals surface area (Å²) in [5.41, 5.74) is 3.79. The van der Waals surface area contributed by atoms with E-state index >= 15 is 0 Å². The van der Waals surface area contributed by atoms with Crippen molar-refractivity contribution >= 4 is 5.65 Å². The first-order valence-electron chi connectivity index (χ1n) is 8.76. The van der Waals surface area contributed by atoms with Gasteiger partial charge in [0.1, 0.15) is 5.75 Å². The fourth-order valence-corrected chi connectivity index (χ4v) is 2.94. The molecule has 0 saturated carbocycles. The molecule has 0 aliphatic rings. The number of fused-ring (bicyclic) bond motifs is 1. The molecule has 0 spiro atoms. The van der Waals surface area contributed by atoms with Gasteiger partial charge in [0.05, 0.1) is 13.2 Å². The van der Waals surface area contributed by atoms with Gasteiger partial charge in [0, 0.05) is 24.0 Å². The third-order valence-corrected chi connectivity index (χ3v) is 4.14. The Morgan fingerprint density at radius 1 is 0.926 bits per heavy atom. The Labute approximate surface area is 157 Å². The maximum absolute atomic E-state index is 5.82. The molecule has 0 amide bonds. The number of hydrogen-bond acceptors (Lipinski definition) is 5. The van der Waals surface area contributed by atoms with Crippen LogP contribution in [0.5, 0.6) is 11.6 Å². The molecule has 4 aromatic rings. The topological polar surface area (TPSA) is 61.5 Å². The van der Waals surface area contributed by atoms with Crippen molar-refractivity contribution < 1.29 is 9.47 Å². The van der Waals surface area contributed by atoms with Gasteiger partial charge in [-0.15, -0.1) is 10.2 Å². The van der Waals surface area contributed by atoms with Crippen LogP contribution in [0.2, 0.25) is 0 Å². The van der Waals surface area contributed by atoms with Crippen molar-refractivity contribution in [3.8, 4) is 34.1 Å². The van der Waals surface area contributed by atoms with E-state index in [1.165, 1.54) is 0 Å². The molecule has 0 unspecified atom stereocenters. The molecular weight excluding hydrogens is 340 g/mol. The van der Waals surface area contributed by atoms with Crippen molar-refractivity contribution in [2.45, 2.75) is 20.0 Å². The van der Waals surface area contributed by atoms with E-state index in [9.17, 15) is 0 Å². The van der Waals surface area contributed by atoms with Gasteiger partial charge in [-0.3, -0.25) is 4.40 Å². The zero-order valence-corrected chi connectivity index (χ0v) is 15.5. The molecule has 6 heteroatoms. The summed E-state index contributed by atoms with van der Waals surface area (Å²) in [6, 6.07) is 15.8. The SMILES string of the molecule is COc1cc(-c2nnc3ccc(-c4cccc(OC(C)C)c4)cn23)ccn1. The molecule has 4 rings (SSSR count). The lowest BCUT2D eigenvalue weighted by atomic mass is 10.1. The summed E-state index contributed by atoms with van der Waals surface area (Å²) in [6.07, 6.45) is 3.87. The van der Waals surface area contributed by atoms with Crippen LogP contribution in [0.15, 0.2) is 60.9 Å². The van der Waals surface area contributed by atoms with Gasteiger partial charge in [0.2, 0.25) is 5.88 Å².